The molecule has 3 fully saturated rings. The summed E-state index contributed by atoms with van der Waals surface area (Å²) < 4.78 is 83.7. The zero-order valence-corrected chi connectivity index (χ0v) is 45.0. The number of amides is 3. The summed E-state index contributed by atoms with van der Waals surface area (Å²) in [7, 11) is -2.96. The lowest BCUT2D eigenvalue weighted by atomic mass is 10.1. The lowest BCUT2D eigenvalue weighted by molar-refractivity contribution is -0.216. The number of carbonyl (C=O) groups excluding carboxylic acids is 3. The topological polar surface area (TPSA) is 241 Å². The fourth-order valence-electron chi connectivity index (χ4n) is 8.77. The Kier molecular flexibility index (Phi) is 21.3. The molecule has 0 spiro atoms. The third kappa shape index (κ3) is 17.7. The van der Waals surface area contributed by atoms with Crippen LogP contribution < -0.4 is 21.6 Å². The molecule has 0 saturated carbocycles. The van der Waals surface area contributed by atoms with E-state index in [-0.39, 0.29) is 60.4 Å². The van der Waals surface area contributed by atoms with E-state index in [9.17, 15) is 27.6 Å². The summed E-state index contributed by atoms with van der Waals surface area (Å²) in [5.41, 5.74) is 2.68. The second-order valence-electron chi connectivity index (χ2n) is 20.2. The Morgan fingerprint density at radius 2 is 1.27 bits per heavy atom. The van der Waals surface area contributed by atoms with Gasteiger partial charge in [0.2, 0.25) is 11.6 Å². The molecule has 1 aromatic heterocycles. The van der Waals surface area contributed by atoms with Crippen molar-refractivity contribution in [3.05, 3.63) is 126 Å². The molecule has 4 heterocycles. The lowest BCUT2D eigenvalue weighted by Gasteiger charge is -2.53. The van der Waals surface area contributed by atoms with E-state index in [1.54, 1.807) is 16.8 Å². The van der Waals surface area contributed by atoms with Gasteiger partial charge in [-0.25, -0.2) is 19.2 Å². The second kappa shape index (κ2) is 27.6. The number of aliphatic imine (C=N–C) groups is 1. The van der Waals surface area contributed by atoms with Gasteiger partial charge in [-0.3, -0.25) is 30.5 Å². The van der Waals surface area contributed by atoms with E-state index in [1.807, 2.05) is 91.0 Å². The first-order valence-electron chi connectivity index (χ1n) is 25.2. The fraction of sp³-hybridized carbons (Fsp3) is 0.491. The van der Waals surface area contributed by atoms with Crippen LogP contribution in [0.5, 0.6) is 0 Å². The van der Waals surface area contributed by atoms with E-state index in [0.29, 0.717) is 26.1 Å². The summed E-state index contributed by atoms with van der Waals surface area (Å²) in [6.45, 7) is 14.5. The molecule has 5 atom stereocenters. The van der Waals surface area contributed by atoms with Gasteiger partial charge in [0, 0.05) is 36.0 Å². The molecule has 1 unspecified atom stereocenters. The predicted molar refractivity (Wildman–Crippen MR) is 276 cm³/mol. The first kappa shape index (κ1) is 59.5. The quantitative estimate of drug-likeness (QED) is 0.0285. The number of alkyl carbamates (subject to hydrolysis) is 2. The number of benzene rings is 3. The number of nitrogens with one attached hydrogen (secondary N) is 3. The van der Waals surface area contributed by atoms with Crippen molar-refractivity contribution in [2.45, 2.75) is 141 Å². The van der Waals surface area contributed by atoms with Crippen molar-refractivity contribution in [3.8, 4) is 0 Å². The fourth-order valence-corrected chi connectivity index (χ4v) is 13.7. The molecule has 3 aromatic carbocycles. The van der Waals surface area contributed by atoms with E-state index in [2.05, 4.69) is 62.5 Å². The Balaban J connectivity index is 0.00000128. The van der Waals surface area contributed by atoms with Crippen LogP contribution in [0.2, 0.25) is 10.1 Å². The smallest absolute Gasteiger partial charge is 0.475 e. The van der Waals surface area contributed by atoms with Gasteiger partial charge in [-0.2, -0.15) is 18.2 Å². The van der Waals surface area contributed by atoms with Crippen molar-refractivity contribution >= 4 is 44.6 Å². The van der Waals surface area contributed by atoms with Crippen molar-refractivity contribution in [2.75, 3.05) is 31.6 Å². The first-order valence-corrected chi connectivity index (χ1v) is 27.0. The Morgan fingerprint density at radius 3 is 1.77 bits per heavy atom. The number of aromatic nitrogens is 2. The highest BCUT2D eigenvalue weighted by molar-refractivity contribution is 6.73. The zero-order valence-electron chi connectivity index (χ0n) is 44.0. The number of hydrogen-bond acceptors (Lipinski definition) is 15. The average molecular weight is 1100 g/mol. The van der Waals surface area contributed by atoms with Crippen molar-refractivity contribution < 1.29 is 74.7 Å². The lowest BCUT2D eigenvalue weighted by Crippen LogP contribution is -2.65. The van der Waals surface area contributed by atoms with Gasteiger partial charge < -0.3 is 42.4 Å². The number of hydrogen-bond donors (Lipinski definition) is 4. The third-order valence-electron chi connectivity index (χ3n) is 12.2. The summed E-state index contributed by atoms with van der Waals surface area (Å²) in [4.78, 5) is 61.9. The van der Waals surface area contributed by atoms with Gasteiger partial charge in [0.15, 0.2) is 12.5 Å². The number of rotatable bonds is 15. The predicted octanol–water partition coefficient (Wildman–Crippen LogP) is 9.42. The minimum atomic E-state index is -5.08. The van der Waals surface area contributed by atoms with E-state index >= 15 is 0 Å². The van der Waals surface area contributed by atoms with Crippen molar-refractivity contribution in [1.82, 2.24) is 20.2 Å². The summed E-state index contributed by atoms with van der Waals surface area (Å²) >= 11 is 0. The Hall–Kier alpha value is -6.70. The number of carboxylic acid groups (broad SMARTS) is 1. The molecule has 3 saturated heterocycles. The van der Waals surface area contributed by atoms with Crippen LogP contribution in [0.15, 0.2) is 113 Å². The van der Waals surface area contributed by atoms with Crippen LogP contribution in [0, 0.1) is 0 Å². The highest BCUT2D eigenvalue weighted by Gasteiger charge is 2.65. The molecule has 0 aliphatic carbocycles. The molecule has 20 nitrogen and oxygen atoms in total. The van der Waals surface area contributed by atoms with Gasteiger partial charge in [-0.15, -0.1) is 0 Å². The molecular formula is C53H68F3N7O13Si. The molecule has 7 rings (SSSR count). The molecule has 0 radical (unpaired) electrons. The van der Waals surface area contributed by atoms with Gasteiger partial charge in [-0.1, -0.05) is 133 Å². The molecule has 418 valence electrons. The molecule has 3 aliphatic heterocycles. The molecule has 3 aliphatic rings. The van der Waals surface area contributed by atoms with E-state index in [0.717, 1.165) is 36.0 Å². The van der Waals surface area contributed by atoms with Gasteiger partial charge >= 0.3 is 39.0 Å². The number of alkyl halides is 3. The van der Waals surface area contributed by atoms with E-state index in [4.69, 9.17) is 57.2 Å². The van der Waals surface area contributed by atoms with Crippen LogP contribution in [-0.2, 0) is 61.9 Å². The van der Waals surface area contributed by atoms with Gasteiger partial charge in [0.05, 0.1) is 6.61 Å². The molecule has 24 heteroatoms. The number of unbranched alkanes of at least 4 members (excludes halogenated alkanes) is 1. The monoisotopic (exact) mass is 1100 g/mol. The van der Waals surface area contributed by atoms with Crippen LogP contribution in [-0.4, -0.2) is 111 Å². The van der Waals surface area contributed by atoms with Crippen LogP contribution >= 0.6 is 0 Å². The van der Waals surface area contributed by atoms with Crippen LogP contribution in [0.25, 0.3) is 0 Å². The summed E-state index contributed by atoms with van der Waals surface area (Å²) in [6.07, 6.45) is -4.75. The van der Waals surface area contributed by atoms with Gasteiger partial charge in [0.25, 0.3) is 0 Å². The number of aliphatic carboxylic acids is 1. The summed E-state index contributed by atoms with van der Waals surface area (Å²) in [5.74, 6) is -2.67. The van der Waals surface area contributed by atoms with Crippen LogP contribution in [0.4, 0.5) is 33.4 Å². The minimum Gasteiger partial charge on any atom is -0.475 e. The van der Waals surface area contributed by atoms with E-state index in [1.165, 1.54) is 0 Å². The first-order chi connectivity index (χ1) is 36.6. The largest absolute Gasteiger partial charge is 0.490 e. The van der Waals surface area contributed by atoms with Crippen molar-refractivity contribution in [1.29, 1.82) is 0 Å². The molecule has 4 N–H and O–H groups in total. The number of carbonyl (C=O) groups is 4. The maximum Gasteiger partial charge on any atom is 0.490 e. The molecular weight excluding hydrogens is 1030 g/mol. The maximum absolute atomic E-state index is 13.1. The van der Waals surface area contributed by atoms with Gasteiger partial charge in [0.1, 0.15) is 44.0 Å². The molecule has 77 heavy (non-hydrogen) atoms. The third-order valence-corrected chi connectivity index (χ3v) is 17.3. The number of ether oxygens (including phenoxy) is 6. The highest BCUT2D eigenvalue weighted by Crippen LogP contribution is 2.56. The Bertz CT molecular complexity index is 2580. The number of anilines is 1. The highest BCUT2D eigenvalue weighted by atomic mass is 28.4. The Labute approximate surface area is 445 Å². The number of guanidine groups is 1. The maximum atomic E-state index is 13.1. The van der Waals surface area contributed by atoms with Crippen LogP contribution in [0.3, 0.4) is 0 Å². The second-order valence-corrected chi connectivity index (χ2v) is 24.9. The van der Waals surface area contributed by atoms with Crippen molar-refractivity contribution in [2.24, 2.45) is 9.98 Å². The summed E-state index contributed by atoms with van der Waals surface area (Å²) in [6, 6.07) is 29.5. The number of fused-ring (bicyclic) bond motifs is 1. The number of nitrogens with zero attached hydrogens (tertiary/aromatic N) is 4. The number of halogens is 3. The standard InChI is InChI=1S/C51H67N7O11Si.C2HF3O2/c1-50(2,3)70(51(4,5)6)66-35-39-42(69-70)43(68-41-26-16-19-31-62-41)44(67-39)58-30-27-40(55-47(59)63-32-36-20-10-7-11-21-36)54-46(58)53-29-18-17-28-52-45(56-48(60)64-33-37-22-12-8-13-23-37)57-49(61)65-34-38-24-14-9-15-25-38;3-2(4,5)1(6)7/h7-15,20-25,27,30,39,41-44H,16-19,26,28-29,31-35H2,1-6H3,(H,53,54,55,59)(H2,52,56,57,60,61);(H,6,7)/t39-,41?,42-,43-,44-;/m1./s1. The average Bonchev–Trinajstić information content (AvgIpc) is 3.84. The van der Waals surface area contributed by atoms with Gasteiger partial charge in [-0.05, 0) is 54.9 Å². The minimum absolute atomic E-state index is 0.0190. The normalized spacial score (nSPS) is 20.3. The zero-order chi connectivity index (χ0) is 55.6. The SMILES string of the molecule is CC(C)(C)[Si]1(C(C)(C)C)OC[C@H]2O[C@@H](n3ccc(NC(=O)OCc4ccccc4)nc3=NCCCCN=C(NC(=O)OCc3ccccc3)NC(=O)OCc3ccccc3)[C@H](OC3CCCCO3)[C@@H]2O1.O=C(O)C(F)(F)F. The Morgan fingerprint density at radius 1 is 0.753 bits per heavy atom. The number of carboxylic acids is 1. The summed E-state index contributed by atoms with van der Waals surface area (Å²) in [5, 5.41) is 14.4. The molecule has 4 aromatic rings. The van der Waals surface area contributed by atoms with E-state index < -0.39 is 69.8 Å². The molecule has 3 amide bonds. The molecule has 0 bridgehead atoms. The van der Waals surface area contributed by atoms with Crippen molar-refractivity contribution in [3.63, 3.8) is 0 Å². The van der Waals surface area contributed by atoms with Crippen LogP contribution in [0.1, 0.15) is 96.6 Å².